The van der Waals surface area contributed by atoms with Crippen LogP contribution in [0, 0.1) is 0 Å². The average molecular weight is 445 g/mol. The first kappa shape index (κ1) is 19.8. The van der Waals surface area contributed by atoms with Gasteiger partial charge in [-0.3, -0.25) is 4.79 Å². The number of aromatic nitrogens is 3. The predicted octanol–water partition coefficient (Wildman–Crippen LogP) is 5.70. The third kappa shape index (κ3) is 4.33. The Balaban J connectivity index is 1.23. The van der Waals surface area contributed by atoms with E-state index in [0.717, 1.165) is 16.5 Å². The zero-order valence-corrected chi connectivity index (χ0v) is 17.5. The third-order valence-corrected chi connectivity index (χ3v) is 5.08. The Morgan fingerprint density at radius 3 is 2.78 bits per heavy atom. The minimum absolute atomic E-state index is 0.0987. The van der Waals surface area contributed by atoms with Gasteiger partial charge in [0.25, 0.3) is 11.8 Å². The maximum Gasteiger partial charge on any atom is 0.255 e. The van der Waals surface area contributed by atoms with Crippen LogP contribution < -0.4 is 10.1 Å². The second kappa shape index (κ2) is 8.56. The van der Waals surface area contributed by atoms with Crippen molar-refractivity contribution in [3.8, 4) is 17.2 Å². The maximum atomic E-state index is 12.6. The van der Waals surface area contributed by atoms with Crippen molar-refractivity contribution >= 4 is 34.1 Å². The summed E-state index contributed by atoms with van der Waals surface area (Å²) in [7, 11) is 0. The molecule has 1 amide bonds. The van der Waals surface area contributed by atoms with E-state index in [0.29, 0.717) is 33.8 Å². The van der Waals surface area contributed by atoms with Gasteiger partial charge in [-0.1, -0.05) is 23.7 Å². The highest BCUT2D eigenvalue weighted by molar-refractivity contribution is 6.30. The summed E-state index contributed by atoms with van der Waals surface area (Å²) in [5.41, 5.74) is 2.86. The van der Waals surface area contributed by atoms with Gasteiger partial charge in [-0.05, 0) is 60.0 Å². The van der Waals surface area contributed by atoms with Crippen LogP contribution in [0.25, 0.3) is 22.4 Å². The van der Waals surface area contributed by atoms with E-state index in [2.05, 4.69) is 20.5 Å². The number of carbonyl (C=O) groups is 1. The first-order chi connectivity index (χ1) is 15.6. The molecule has 0 atom stereocenters. The molecule has 2 aromatic heterocycles. The Kier molecular flexibility index (Phi) is 5.31. The van der Waals surface area contributed by atoms with Crippen molar-refractivity contribution in [3.63, 3.8) is 0 Å². The van der Waals surface area contributed by atoms with E-state index in [-0.39, 0.29) is 12.5 Å². The fourth-order valence-corrected chi connectivity index (χ4v) is 3.35. The largest absolute Gasteiger partial charge is 0.484 e. The quantitative estimate of drug-likeness (QED) is 0.350. The summed E-state index contributed by atoms with van der Waals surface area (Å²) in [6.07, 6.45) is 1.84. The molecule has 0 saturated heterocycles. The standard InChI is InChI=1S/C24H17ClN4O3/c25-18-8-6-16(7-9-18)24-29-28-22(32-24)14-31-20-3-1-2-19(13-20)27-23(30)17-5-4-15-10-11-26-21(15)12-17/h1-13,26H,14H2,(H,27,30). The molecule has 0 unspecified atom stereocenters. The second-order valence-electron chi connectivity index (χ2n) is 7.06. The molecule has 0 saturated carbocycles. The Labute approximate surface area is 188 Å². The van der Waals surface area contributed by atoms with Crippen LogP contribution in [0.3, 0.4) is 0 Å². The van der Waals surface area contributed by atoms with Crippen LogP contribution in [-0.2, 0) is 6.61 Å². The molecule has 158 valence electrons. The van der Waals surface area contributed by atoms with Crippen LogP contribution in [0.1, 0.15) is 16.2 Å². The van der Waals surface area contributed by atoms with E-state index >= 15 is 0 Å². The maximum absolute atomic E-state index is 12.6. The number of amides is 1. The van der Waals surface area contributed by atoms with Crippen molar-refractivity contribution in [2.45, 2.75) is 6.61 Å². The van der Waals surface area contributed by atoms with E-state index in [9.17, 15) is 4.79 Å². The van der Waals surface area contributed by atoms with Gasteiger partial charge in [0.15, 0.2) is 6.61 Å². The van der Waals surface area contributed by atoms with Crippen LogP contribution in [0.15, 0.2) is 83.4 Å². The smallest absolute Gasteiger partial charge is 0.255 e. The van der Waals surface area contributed by atoms with Gasteiger partial charge < -0.3 is 19.5 Å². The van der Waals surface area contributed by atoms with E-state index in [1.165, 1.54) is 0 Å². The zero-order valence-electron chi connectivity index (χ0n) is 16.7. The van der Waals surface area contributed by atoms with Gasteiger partial charge in [0, 0.05) is 39.6 Å². The number of hydrogen-bond donors (Lipinski definition) is 2. The molecular formula is C24H17ClN4O3. The molecular weight excluding hydrogens is 428 g/mol. The first-order valence-corrected chi connectivity index (χ1v) is 10.2. The molecule has 8 heteroatoms. The van der Waals surface area contributed by atoms with Gasteiger partial charge in [-0.25, -0.2) is 0 Å². The summed E-state index contributed by atoms with van der Waals surface area (Å²) in [6, 6.07) is 21.7. The molecule has 3 aromatic carbocycles. The second-order valence-corrected chi connectivity index (χ2v) is 7.49. The molecule has 7 nitrogen and oxygen atoms in total. The van der Waals surface area contributed by atoms with Crippen molar-refractivity contribution in [2.75, 3.05) is 5.32 Å². The lowest BCUT2D eigenvalue weighted by atomic mass is 10.1. The molecule has 2 heterocycles. The Hall–Kier alpha value is -4.10. The summed E-state index contributed by atoms with van der Waals surface area (Å²) in [6.45, 7) is 0.0987. The van der Waals surface area contributed by atoms with Crippen LogP contribution >= 0.6 is 11.6 Å². The highest BCUT2D eigenvalue weighted by atomic mass is 35.5. The number of rotatable bonds is 6. The molecule has 32 heavy (non-hydrogen) atoms. The predicted molar refractivity (Wildman–Crippen MR) is 122 cm³/mol. The normalized spacial score (nSPS) is 10.9. The minimum atomic E-state index is -0.205. The SMILES string of the molecule is O=C(Nc1cccc(OCc2nnc(-c3ccc(Cl)cc3)o2)c1)c1ccc2cc[nH]c2c1. The molecule has 0 aliphatic carbocycles. The van der Waals surface area contributed by atoms with Gasteiger partial charge in [0.1, 0.15) is 5.75 Å². The van der Waals surface area contributed by atoms with Crippen molar-refractivity contribution in [2.24, 2.45) is 0 Å². The first-order valence-electron chi connectivity index (χ1n) is 9.84. The zero-order chi connectivity index (χ0) is 21.9. The number of hydrogen-bond acceptors (Lipinski definition) is 5. The van der Waals surface area contributed by atoms with Crippen LogP contribution in [-0.4, -0.2) is 21.1 Å². The van der Waals surface area contributed by atoms with E-state index in [1.54, 1.807) is 54.6 Å². The summed E-state index contributed by atoms with van der Waals surface area (Å²) in [5.74, 6) is 1.08. The van der Waals surface area contributed by atoms with Gasteiger partial charge >= 0.3 is 0 Å². The summed E-state index contributed by atoms with van der Waals surface area (Å²) in [4.78, 5) is 15.7. The van der Waals surface area contributed by atoms with E-state index in [4.69, 9.17) is 20.8 Å². The van der Waals surface area contributed by atoms with Crippen molar-refractivity contribution in [1.82, 2.24) is 15.2 Å². The number of H-pyrrole nitrogens is 1. The van der Waals surface area contributed by atoms with Gasteiger partial charge in [-0.15, -0.1) is 10.2 Å². The third-order valence-electron chi connectivity index (χ3n) is 4.83. The lowest BCUT2D eigenvalue weighted by Crippen LogP contribution is -2.11. The molecule has 0 radical (unpaired) electrons. The van der Waals surface area contributed by atoms with Crippen LogP contribution in [0.5, 0.6) is 5.75 Å². The molecule has 0 fully saturated rings. The number of nitrogens with zero attached hydrogens (tertiary/aromatic N) is 2. The number of nitrogens with one attached hydrogen (secondary N) is 2. The van der Waals surface area contributed by atoms with Gasteiger partial charge in [0.2, 0.25) is 5.89 Å². The van der Waals surface area contributed by atoms with Gasteiger partial charge in [0.05, 0.1) is 0 Å². The van der Waals surface area contributed by atoms with Crippen LogP contribution in [0.4, 0.5) is 5.69 Å². The molecule has 5 aromatic rings. The van der Waals surface area contributed by atoms with E-state index in [1.807, 2.05) is 24.4 Å². The topological polar surface area (TPSA) is 93.0 Å². The lowest BCUT2D eigenvalue weighted by Gasteiger charge is -2.08. The van der Waals surface area contributed by atoms with Gasteiger partial charge in [-0.2, -0.15) is 0 Å². The molecule has 5 rings (SSSR count). The summed E-state index contributed by atoms with van der Waals surface area (Å²) >= 11 is 5.91. The fraction of sp³-hybridized carbons (Fsp3) is 0.0417. The number of ether oxygens (including phenoxy) is 1. The highest BCUT2D eigenvalue weighted by Crippen LogP contribution is 2.23. The van der Waals surface area contributed by atoms with E-state index < -0.39 is 0 Å². The molecule has 0 spiro atoms. The number of benzene rings is 3. The molecule has 0 aliphatic rings. The summed E-state index contributed by atoms with van der Waals surface area (Å²) < 4.78 is 11.4. The Morgan fingerprint density at radius 1 is 1.03 bits per heavy atom. The Morgan fingerprint density at radius 2 is 1.91 bits per heavy atom. The number of anilines is 1. The summed E-state index contributed by atoms with van der Waals surface area (Å²) in [5, 5.41) is 12.6. The number of fused-ring (bicyclic) bond motifs is 1. The minimum Gasteiger partial charge on any atom is -0.484 e. The lowest BCUT2D eigenvalue weighted by molar-refractivity contribution is 0.102. The molecule has 0 bridgehead atoms. The monoisotopic (exact) mass is 444 g/mol. The van der Waals surface area contributed by atoms with Crippen molar-refractivity contribution in [1.29, 1.82) is 0 Å². The fourth-order valence-electron chi connectivity index (χ4n) is 3.22. The number of halogens is 1. The molecule has 0 aliphatic heterocycles. The van der Waals surface area contributed by atoms with Crippen molar-refractivity contribution in [3.05, 3.63) is 95.5 Å². The number of carbonyl (C=O) groups excluding carboxylic acids is 1. The average Bonchev–Trinajstić information content (AvgIpc) is 3.47. The van der Waals surface area contributed by atoms with Crippen molar-refractivity contribution < 1.29 is 13.9 Å². The molecule has 2 N–H and O–H groups in total. The van der Waals surface area contributed by atoms with Crippen LogP contribution in [0.2, 0.25) is 5.02 Å². The number of aromatic amines is 1. The highest BCUT2D eigenvalue weighted by Gasteiger charge is 2.11. The Bertz CT molecular complexity index is 1390.